The van der Waals surface area contributed by atoms with Crippen LogP contribution in [0, 0.1) is 0 Å². The van der Waals surface area contributed by atoms with E-state index in [1.807, 2.05) is 5.38 Å². The molecule has 0 atom stereocenters. The fourth-order valence-electron chi connectivity index (χ4n) is 1.60. The van der Waals surface area contributed by atoms with E-state index in [1.54, 1.807) is 5.51 Å². The zero-order valence-electron chi connectivity index (χ0n) is 10.6. The lowest BCUT2D eigenvalue weighted by molar-refractivity contribution is 0.0696. The van der Waals surface area contributed by atoms with Crippen LogP contribution in [0.1, 0.15) is 16.1 Å². The van der Waals surface area contributed by atoms with E-state index in [4.69, 9.17) is 5.11 Å². The van der Waals surface area contributed by atoms with Crippen LogP contribution in [-0.2, 0) is 16.4 Å². The van der Waals surface area contributed by atoms with Crippen LogP contribution < -0.4 is 4.72 Å². The van der Waals surface area contributed by atoms with Crippen molar-refractivity contribution in [2.75, 3.05) is 6.54 Å². The quantitative estimate of drug-likeness (QED) is 0.787. The molecule has 1 aromatic carbocycles. The van der Waals surface area contributed by atoms with Gasteiger partial charge < -0.3 is 5.11 Å². The molecule has 9 heteroatoms. The number of nitrogens with one attached hydrogen (secondary N) is 1. The number of carboxylic acid groups (broad SMARTS) is 1. The van der Waals surface area contributed by atoms with Crippen LogP contribution >= 0.6 is 27.3 Å². The summed E-state index contributed by atoms with van der Waals surface area (Å²) in [6, 6.07) is 3.78. The fraction of sp³-hybridized carbons (Fsp3) is 0.167. The van der Waals surface area contributed by atoms with Crippen molar-refractivity contribution < 1.29 is 18.3 Å². The van der Waals surface area contributed by atoms with Gasteiger partial charge in [0.25, 0.3) is 0 Å². The van der Waals surface area contributed by atoms with Crippen LogP contribution in [-0.4, -0.2) is 31.0 Å². The van der Waals surface area contributed by atoms with E-state index in [-0.39, 0.29) is 21.5 Å². The van der Waals surface area contributed by atoms with Crippen LogP contribution in [0.4, 0.5) is 0 Å². The summed E-state index contributed by atoms with van der Waals surface area (Å²) in [5.74, 6) is -1.11. The van der Waals surface area contributed by atoms with Gasteiger partial charge >= 0.3 is 5.97 Å². The molecule has 0 amide bonds. The number of thiazole rings is 1. The molecule has 0 saturated heterocycles. The Bertz CT molecular complexity index is 745. The van der Waals surface area contributed by atoms with Crippen molar-refractivity contribution in [1.29, 1.82) is 0 Å². The molecule has 21 heavy (non-hydrogen) atoms. The van der Waals surface area contributed by atoms with Gasteiger partial charge in [-0.15, -0.1) is 11.3 Å². The van der Waals surface area contributed by atoms with Crippen LogP contribution in [0.3, 0.4) is 0 Å². The van der Waals surface area contributed by atoms with Crippen LogP contribution in [0.2, 0.25) is 0 Å². The van der Waals surface area contributed by atoms with Crippen LogP contribution in [0.15, 0.2) is 38.5 Å². The summed E-state index contributed by atoms with van der Waals surface area (Å²) in [7, 11) is -3.70. The second kappa shape index (κ2) is 6.65. The summed E-state index contributed by atoms with van der Waals surface area (Å²) in [5, 5.41) is 10.7. The normalized spacial score (nSPS) is 11.5. The van der Waals surface area contributed by atoms with E-state index in [9.17, 15) is 13.2 Å². The molecule has 0 saturated carbocycles. The SMILES string of the molecule is O=C(O)c1ccc(S(=O)(=O)NCCc2cscn2)c(Br)c1. The summed E-state index contributed by atoms with van der Waals surface area (Å²) >= 11 is 4.54. The van der Waals surface area contributed by atoms with Gasteiger partial charge in [0, 0.05) is 22.8 Å². The number of hydrogen-bond acceptors (Lipinski definition) is 5. The summed E-state index contributed by atoms with van der Waals surface area (Å²) in [5.41, 5.74) is 2.52. The maximum absolute atomic E-state index is 12.2. The Labute approximate surface area is 134 Å². The van der Waals surface area contributed by atoms with Gasteiger partial charge in [0.2, 0.25) is 10.0 Å². The van der Waals surface area contributed by atoms with E-state index in [1.165, 1.54) is 29.5 Å². The van der Waals surface area contributed by atoms with Crippen molar-refractivity contribution in [3.63, 3.8) is 0 Å². The molecule has 0 bridgehead atoms. The van der Waals surface area contributed by atoms with Crippen LogP contribution in [0.5, 0.6) is 0 Å². The maximum Gasteiger partial charge on any atom is 0.335 e. The monoisotopic (exact) mass is 390 g/mol. The Kier molecular flexibility index (Phi) is 5.09. The third kappa shape index (κ3) is 4.10. The van der Waals surface area contributed by atoms with Crippen molar-refractivity contribution in [2.24, 2.45) is 0 Å². The van der Waals surface area contributed by atoms with Crippen molar-refractivity contribution in [1.82, 2.24) is 9.71 Å². The lowest BCUT2D eigenvalue weighted by Gasteiger charge is -2.08. The molecular formula is C12H11BrN2O4S2. The molecule has 0 unspecified atom stereocenters. The Morgan fingerprint density at radius 2 is 2.19 bits per heavy atom. The van der Waals surface area contributed by atoms with Gasteiger partial charge in [0.1, 0.15) is 0 Å². The molecule has 1 heterocycles. The van der Waals surface area contributed by atoms with E-state index >= 15 is 0 Å². The molecule has 0 aliphatic rings. The molecule has 0 radical (unpaired) electrons. The molecule has 1 aromatic heterocycles. The molecule has 0 aliphatic carbocycles. The minimum absolute atomic E-state index is 0.00535. The lowest BCUT2D eigenvalue weighted by Crippen LogP contribution is -2.26. The number of nitrogens with zero attached hydrogens (tertiary/aromatic N) is 1. The highest BCUT2D eigenvalue weighted by molar-refractivity contribution is 9.10. The van der Waals surface area contributed by atoms with E-state index in [0.717, 1.165) is 5.69 Å². The number of carboxylic acids is 1. The van der Waals surface area contributed by atoms with Crippen molar-refractivity contribution in [3.8, 4) is 0 Å². The van der Waals surface area contributed by atoms with E-state index in [0.29, 0.717) is 6.42 Å². The number of halogens is 1. The number of carbonyl (C=O) groups is 1. The topological polar surface area (TPSA) is 96.4 Å². The fourth-order valence-corrected chi connectivity index (χ4v) is 4.30. The van der Waals surface area contributed by atoms with Crippen molar-refractivity contribution in [2.45, 2.75) is 11.3 Å². The molecule has 2 rings (SSSR count). The standard InChI is InChI=1S/C12H11BrN2O4S2/c13-10-5-8(12(16)17)1-2-11(10)21(18,19)15-4-3-9-6-20-7-14-9/h1-2,5-7,15H,3-4H2,(H,16,17). The summed E-state index contributed by atoms with van der Waals surface area (Å²) < 4.78 is 27.0. The first-order valence-corrected chi connectivity index (χ1v) is 9.01. The molecular weight excluding hydrogens is 380 g/mol. The third-order valence-corrected chi connectivity index (χ3v) is 5.70. The summed E-state index contributed by atoms with van der Waals surface area (Å²) in [6.45, 7) is 0.221. The molecule has 0 aliphatic heterocycles. The average molecular weight is 391 g/mol. The van der Waals surface area contributed by atoms with Crippen molar-refractivity contribution in [3.05, 3.63) is 44.8 Å². The third-order valence-electron chi connectivity index (χ3n) is 2.63. The minimum atomic E-state index is -3.70. The van der Waals surface area contributed by atoms with E-state index in [2.05, 4.69) is 25.6 Å². The largest absolute Gasteiger partial charge is 0.478 e. The van der Waals surface area contributed by atoms with Crippen LogP contribution in [0.25, 0.3) is 0 Å². The zero-order chi connectivity index (χ0) is 15.5. The number of hydrogen-bond donors (Lipinski definition) is 2. The van der Waals surface area contributed by atoms with Gasteiger partial charge in [-0.25, -0.2) is 22.9 Å². The predicted molar refractivity (Wildman–Crippen MR) is 82.1 cm³/mol. The number of aromatic carboxylic acids is 1. The molecule has 2 N–H and O–H groups in total. The summed E-state index contributed by atoms with van der Waals surface area (Å²) in [4.78, 5) is 14.9. The first-order valence-electron chi connectivity index (χ1n) is 5.80. The molecule has 2 aromatic rings. The van der Waals surface area contributed by atoms with Gasteiger partial charge in [0.05, 0.1) is 21.7 Å². The van der Waals surface area contributed by atoms with Gasteiger partial charge in [-0.1, -0.05) is 0 Å². The zero-order valence-corrected chi connectivity index (χ0v) is 13.8. The number of sulfonamides is 1. The number of aromatic nitrogens is 1. The van der Waals surface area contributed by atoms with E-state index < -0.39 is 16.0 Å². The molecule has 0 spiro atoms. The van der Waals surface area contributed by atoms with Crippen molar-refractivity contribution >= 4 is 43.3 Å². The van der Waals surface area contributed by atoms with Gasteiger partial charge in [-0.05, 0) is 34.1 Å². The number of rotatable bonds is 6. The number of benzene rings is 1. The lowest BCUT2D eigenvalue weighted by atomic mass is 10.2. The Balaban J connectivity index is 2.10. The highest BCUT2D eigenvalue weighted by Crippen LogP contribution is 2.23. The molecule has 112 valence electrons. The minimum Gasteiger partial charge on any atom is -0.478 e. The first kappa shape index (κ1) is 16.1. The van der Waals surface area contributed by atoms with Gasteiger partial charge in [-0.3, -0.25) is 0 Å². The predicted octanol–water partition coefficient (Wildman–Crippen LogP) is 2.12. The molecule has 6 nitrogen and oxygen atoms in total. The Hall–Kier alpha value is -1.29. The highest BCUT2D eigenvalue weighted by Gasteiger charge is 2.18. The Morgan fingerprint density at radius 1 is 1.43 bits per heavy atom. The second-order valence-electron chi connectivity index (χ2n) is 4.08. The molecule has 0 fully saturated rings. The van der Waals surface area contributed by atoms with Gasteiger partial charge in [0.15, 0.2) is 0 Å². The maximum atomic E-state index is 12.2. The highest BCUT2D eigenvalue weighted by atomic mass is 79.9. The smallest absolute Gasteiger partial charge is 0.335 e. The Morgan fingerprint density at radius 3 is 2.76 bits per heavy atom. The summed E-state index contributed by atoms with van der Waals surface area (Å²) in [6.07, 6.45) is 0.494. The first-order chi connectivity index (χ1) is 9.90. The average Bonchev–Trinajstić information content (AvgIpc) is 2.91. The second-order valence-corrected chi connectivity index (χ2v) is 7.39. The van der Waals surface area contributed by atoms with Gasteiger partial charge in [-0.2, -0.15) is 0 Å².